The minimum atomic E-state index is -0.00986. The summed E-state index contributed by atoms with van der Waals surface area (Å²) in [6.07, 6.45) is 3.88. The van der Waals surface area contributed by atoms with E-state index in [4.69, 9.17) is 0 Å². The molecule has 0 radical (unpaired) electrons. The van der Waals surface area contributed by atoms with Gasteiger partial charge >= 0.3 is 0 Å². The third-order valence-corrected chi connectivity index (χ3v) is 2.31. The maximum Gasteiger partial charge on any atom is 0.203 e. The van der Waals surface area contributed by atoms with Crippen LogP contribution in [0.3, 0.4) is 0 Å². The molecule has 1 aliphatic heterocycles. The van der Waals surface area contributed by atoms with Gasteiger partial charge in [-0.05, 0) is 19.4 Å². The van der Waals surface area contributed by atoms with Gasteiger partial charge in [0.15, 0.2) is 0 Å². The molecule has 62 valence electrons. The van der Waals surface area contributed by atoms with E-state index in [2.05, 4.69) is 24.1 Å². The molecule has 1 rings (SSSR count). The Labute approximate surface area is 72.7 Å². The molecule has 2 nitrogen and oxygen atoms in total. The first-order chi connectivity index (χ1) is 5.25. The summed E-state index contributed by atoms with van der Waals surface area (Å²) in [5.74, 6) is 0. The summed E-state index contributed by atoms with van der Waals surface area (Å²) in [5, 5.41) is -0.00986. The van der Waals surface area contributed by atoms with E-state index in [1.807, 2.05) is 6.08 Å². The second-order valence-electron chi connectivity index (χ2n) is 2.78. The molecule has 0 aliphatic carbocycles. The summed E-state index contributed by atoms with van der Waals surface area (Å²) in [6.45, 7) is 5.45. The number of rotatable bonds is 3. The zero-order valence-corrected chi connectivity index (χ0v) is 7.39. The van der Waals surface area contributed by atoms with Crippen molar-refractivity contribution in [1.82, 2.24) is 4.90 Å². The highest BCUT2D eigenvalue weighted by Crippen LogP contribution is 2.18. The van der Waals surface area contributed by atoms with Gasteiger partial charge in [0, 0.05) is 6.54 Å². The normalized spacial score (nSPS) is 25.4. The summed E-state index contributed by atoms with van der Waals surface area (Å²) in [5.41, 5.74) is 0. The number of likely N-dealkylation sites (tertiary alicyclic amines) is 1. The minimum Gasteiger partial charge on any atom is -0.289 e. The fourth-order valence-electron chi connectivity index (χ4n) is 1.49. The minimum absolute atomic E-state index is 0.00986. The van der Waals surface area contributed by atoms with Crippen molar-refractivity contribution in [2.45, 2.75) is 18.9 Å². The summed E-state index contributed by atoms with van der Waals surface area (Å²) < 4.78 is 0. The highest BCUT2D eigenvalue weighted by molar-refractivity contribution is 7.96. The van der Waals surface area contributed by atoms with Crippen molar-refractivity contribution in [3.63, 3.8) is 0 Å². The van der Waals surface area contributed by atoms with Gasteiger partial charge in [0.05, 0.1) is 6.04 Å². The number of thiol groups is 1. The maximum absolute atomic E-state index is 10.9. The van der Waals surface area contributed by atoms with Crippen LogP contribution in [0.25, 0.3) is 0 Å². The van der Waals surface area contributed by atoms with Crippen molar-refractivity contribution < 1.29 is 4.79 Å². The van der Waals surface area contributed by atoms with Crippen LogP contribution in [0, 0.1) is 0 Å². The predicted molar refractivity (Wildman–Crippen MR) is 48.8 cm³/mol. The second kappa shape index (κ2) is 3.93. The van der Waals surface area contributed by atoms with Crippen molar-refractivity contribution >= 4 is 17.7 Å². The largest absolute Gasteiger partial charge is 0.289 e. The number of nitrogens with zero attached hydrogens (tertiary/aromatic N) is 1. The molecular weight excluding hydrogens is 158 g/mol. The average molecular weight is 171 g/mol. The molecule has 3 heteroatoms. The van der Waals surface area contributed by atoms with E-state index in [9.17, 15) is 4.79 Å². The Kier molecular flexibility index (Phi) is 3.15. The first-order valence-electron chi connectivity index (χ1n) is 3.83. The van der Waals surface area contributed by atoms with Gasteiger partial charge in [0.2, 0.25) is 5.12 Å². The van der Waals surface area contributed by atoms with Gasteiger partial charge in [-0.1, -0.05) is 6.08 Å². The molecule has 0 bridgehead atoms. The number of carbonyl (C=O) groups is 1. The zero-order chi connectivity index (χ0) is 8.27. The molecule has 0 aromatic carbocycles. The molecule has 1 saturated heterocycles. The fraction of sp³-hybridized carbons (Fsp3) is 0.625. The maximum atomic E-state index is 10.9. The summed E-state index contributed by atoms with van der Waals surface area (Å²) in [7, 11) is 0. The SMILES string of the molecule is C=CCN1CCC[C@H]1C(=O)S. The van der Waals surface area contributed by atoms with Crippen LogP contribution < -0.4 is 0 Å². The van der Waals surface area contributed by atoms with Crippen molar-refractivity contribution in [2.75, 3.05) is 13.1 Å². The average Bonchev–Trinajstić information content (AvgIpc) is 2.36. The third kappa shape index (κ3) is 2.07. The van der Waals surface area contributed by atoms with Gasteiger partial charge in [0.1, 0.15) is 0 Å². The van der Waals surface area contributed by atoms with Gasteiger partial charge < -0.3 is 0 Å². The topological polar surface area (TPSA) is 20.3 Å². The Bertz CT molecular complexity index is 169. The van der Waals surface area contributed by atoms with Crippen LogP contribution in [0.2, 0.25) is 0 Å². The first-order valence-corrected chi connectivity index (χ1v) is 4.28. The molecule has 0 amide bonds. The van der Waals surface area contributed by atoms with Crippen LogP contribution in [-0.4, -0.2) is 29.1 Å². The predicted octanol–water partition coefficient (Wildman–Crippen LogP) is 1.09. The Morgan fingerprint density at radius 3 is 3.09 bits per heavy atom. The number of hydrogen-bond acceptors (Lipinski definition) is 2. The van der Waals surface area contributed by atoms with Crippen LogP contribution in [0.1, 0.15) is 12.8 Å². The molecular formula is C8H13NOS. The third-order valence-electron chi connectivity index (χ3n) is 2.01. The van der Waals surface area contributed by atoms with E-state index < -0.39 is 0 Å². The number of carbonyl (C=O) groups excluding carboxylic acids is 1. The highest BCUT2D eigenvalue weighted by atomic mass is 32.1. The Morgan fingerprint density at radius 2 is 2.55 bits per heavy atom. The molecule has 1 fully saturated rings. The molecule has 11 heavy (non-hydrogen) atoms. The van der Waals surface area contributed by atoms with Crippen molar-refractivity contribution in [2.24, 2.45) is 0 Å². The molecule has 1 atom stereocenters. The monoisotopic (exact) mass is 171 g/mol. The van der Waals surface area contributed by atoms with E-state index in [1.165, 1.54) is 0 Å². The molecule has 1 aliphatic rings. The van der Waals surface area contributed by atoms with Crippen LogP contribution >= 0.6 is 12.6 Å². The molecule has 0 N–H and O–H groups in total. The lowest BCUT2D eigenvalue weighted by molar-refractivity contribution is -0.114. The van der Waals surface area contributed by atoms with E-state index in [-0.39, 0.29) is 11.2 Å². The lowest BCUT2D eigenvalue weighted by atomic mass is 10.2. The smallest absolute Gasteiger partial charge is 0.203 e. The van der Waals surface area contributed by atoms with E-state index in [1.54, 1.807) is 0 Å². The molecule has 0 aromatic rings. The van der Waals surface area contributed by atoms with Crippen LogP contribution in [-0.2, 0) is 4.79 Å². The van der Waals surface area contributed by atoms with Crippen LogP contribution in [0.15, 0.2) is 12.7 Å². The number of hydrogen-bond donors (Lipinski definition) is 1. The summed E-state index contributed by atoms with van der Waals surface area (Å²) in [6, 6.07) is 0.0383. The molecule has 0 spiro atoms. The molecule has 0 unspecified atom stereocenters. The van der Waals surface area contributed by atoms with Gasteiger partial charge in [-0.2, -0.15) is 0 Å². The van der Waals surface area contributed by atoms with Crippen LogP contribution in [0.4, 0.5) is 0 Å². The van der Waals surface area contributed by atoms with E-state index in [0.717, 1.165) is 25.9 Å². The zero-order valence-electron chi connectivity index (χ0n) is 6.49. The molecule has 1 heterocycles. The quantitative estimate of drug-likeness (QED) is 0.507. The fourth-order valence-corrected chi connectivity index (χ4v) is 1.78. The standard InChI is InChI=1S/C8H13NOS/c1-2-5-9-6-3-4-7(9)8(10)11/h2,7H,1,3-6H2,(H,10,11)/t7-/m0/s1. The van der Waals surface area contributed by atoms with Crippen molar-refractivity contribution in [1.29, 1.82) is 0 Å². The van der Waals surface area contributed by atoms with Crippen molar-refractivity contribution in [3.05, 3.63) is 12.7 Å². The molecule has 0 saturated carbocycles. The second-order valence-corrected chi connectivity index (χ2v) is 3.22. The lowest BCUT2D eigenvalue weighted by Crippen LogP contribution is -2.33. The summed E-state index contributed by atoms with van der Waals surface area (Å²) in [4.78, 5) is 13.0. The van der Waals surface area contributed by atoms with Gasteiger partial charge in [-0.15, -0.1) is 19.2 Å². The van der Waals surface area contributed by atoms with E-state index in [0.29, 0.717) is 0 Å². The molecule has 0 aromatic heterocycles. The van der Waals surface area contributed by atoms with Gasteiger partial charge in [-0.25, -0.2) is 0 Å². The van der Waals surface area contributed by atoms with Gasteiger partial charge in [-0.3, -0.25) is 9.69 Å². The Hall–Kier alpha value is -0.280. The van der Waals surface area contributed by atoms with E-state index >= 15 is 0 Å². The van der Waals surface area contributed by atoms with Crippen molar-refractivity contribution in [3.8, 4) is 0 Å². The van der Waals surface area contributed by atoms with Crippen LogP contribution in [0.5, 0.6) is 0 Å². The Morgan fingerprint density at radius 1 is 1.82 bits per heavy atom. The first kappa shape index (κ1) is 8.81. The Balaban J connectivity index is 2.50. The lowest BCUT2D eigenvalue weighted by Gasteiger charge is -2.19. The highest BCUT2D eigenvalue weighted by Gasteiger charge is 2.27. The van der Waals surface area contributed by atoms with Gasteiger partial charge in [0.25, 0.3) is 0 Å². The summed E-state index contributed by atoms with van der Waals surface area (Å²) >= 11 is 3.83.